The van der Waals surface area contributed by atoms with E-state index in [2.05, 4.69) is 37.2 Å². The maximum Gasteiger partial charge on any atom is 0.120 e. The molecule has 2 atom stereocenters. The number of aromatic hydroxyl groups is 1. The minimum Gasteiger partial charge on any atom is -0.508 e. The molecule has 1 saturated heterocycles. The van der Waals surface area contributed by atoms with Crippen LogP contribution < -0.4 is 5.32 Å². The lowest BCUT2D eigenvalue weighted by molar-refractivity contribution is 0.194. The summed E-state index contributed by atoms with van der Waals surface area (Å²) < 4.78 is 0. The average Bonchev–Trinajstić information content (AvgIpc) is 2.84. The lowest BCUT2D eigenvalue weighted by Crippen LogP contribution is -2.35. The summed E-state index contributed by atoms with van der Waals surface area (Å²) in [5, 5.41) is 13.3. The van der Waals surface area contributed by atoms with Crippen LogP contribution in [0.2, 0.25) is 0 Å². The largest absolute Gasteiger partial charge is 0.508 e. The van der Waals surface area contributed by atoms with Crippen LogP contribution in [-0.4, -0.2) is 36.2 Å². The normalized spacial score (nSPS) is 22.0. The van der Waals surface area contributed by atoms with Crippen molar-refractivity contribution in [2.75, 3.05) is 20.1 Å². The van der Waals surface area contributed by atoms with Gasteiger partial charge in [-0.3, -0.25) is 4.90 Å². The van der Waals surface area contributed by atoms with Gasteiger partial charge in [-0.05, 0) is 39.9 Å². The van der Waals surface area contributed by atoms with E-state index in [9.17, 15) is 5.11 Å². The van der Waals surface area contributed by atoms with Crippen LogP contribution in [0.3, 0.4) is 0 Å². The highest BCUT2D eigenvalue weighted by molar-refractivity contribution is 5.37. The Hall–Kier alpha value is -1.06. The van der Waals surface area contributed by atoms with Crippen molar-refractivity contribution < 1.29 is 5.11 Å². The highest BCUT2D eigenvalue weighted by Crippen LogP contribution is 2.30. The van der Waals surface area contributed by atoms with Crippen LogP contribution in [0, 0.1) is 6.92 Å². The summed E-state index contributed by atoms with van der Waals surface area (Å²) in [5.41, 5.74) is 2.22. The minimum absolute atomic E-state index is 0.250. The van der Waals surface area contributed by atoms with Gasteiger partial charge in [0.05, 0.1) is 0 Å². The van der Waals surface area contributed by atoms with Gasteiger partial charge in [-0.25, -0.2) is 0 Å². The molecule has 0 radical (unpaired) electrons. The van der Waals surface area contributed by atoms with Crippen molar-refractivity contribution in [1.82, 2.24) is 10.2 Å². The summed E-state index contributed by atoms with van der Waals surface area (Å²) in [6.07, 6.45) is 1.19. The second-order valence-corrected chi connectivity index (χ2v) is 5.05. The van der Waals surface area contributed by atoms with Gasteiger partial charge in [0.1, 0.15) is 5.75 Å². The van der Waals surface area contributed by atoms with Crippen LogP contribution in [0.5, 0.6) is 5.75 Å². The molecule has 1 fully saturated rings. The van der Waals surface area contributed by atoms with E-state index in [1.807, 2.05) is 6.07 Å². The molecule has 3 heteroatoms. The smallest absolute Gasteiger partial charge is 0.120 e. The number of nitrogens with zero attached hydrogens (tertiary/aromatic N) is 1. The van der Waals surface area contributed by atoms with Crippen LogP contribution in [0.4, 0.5) is 0 Å². The number of likely N-dealkylation sites (N-methyl/N-ethyl adjacent to an activating group) is 1. The summed E-state index contributed by atoms with van der Waals surface area (Å²) in [6, 6.07) is 6.65. The Labute approximate surface area is 103 Å². The summed E-state index contributed by atoms with van der Waals surface area (Å²) >= 11 is 0. The highest BCUT2D eigenvalue weighted by atomic mass is 16.3. The third-order valence-corrected chi connectivity index (χ3v) is 3.85. The van der Waals surface area contributed by atoms with Gasteiger partial charge in [0.2, 0.25) is 0 Å². The Kier molecular flexibility index (Phi) is 3.69. The predicted molar refractivity (Wildman–Crippen MR) is 70.3 cm³/mol. The van der Waals surface area contributed by atoms with Crippen molar-refractivity contribution in [3.63, 3.8) is 0 Å². The first-order valence-electron chi connectivity index (χ1n) is 6.31. The molecule has 1 aromatic carbocycles. The first kappa shape index (κ1) is 12.4. The maximum atomic E-state index is 9.95. The molecule has 1 aromatic rings. The zero-order chi connectivity index (χ0) is 12.4. The van der Waals surface area contributed by atoms with Crippen LogP contribution in [0.15, 0.2) is 18.2 Å². The van der Waals surface area contributed by atoms with Gasteiger partial charge in [-0.2, -0.15) is 0 Å². The van der Waals surface area contributed by atoms with Crippen LogP contribution >= 0.6 is 0 Å². The van der Waals surface area contributed by atoms with E-state index in [-0.39, 0.29) is 6.04 Å². The monoisotopic (exact) mass is 234 g/mol. The Morgan fingerprint density at radius 2 is 2.24 bits per heavy atom. The number of benzene rings is 1. The van der Waals surface area contributed by atoms with Crippen LogP contribution in [-0.2, 0) is 0 Å². The number of aryl methyl sites for hydroxylation is 1. The average molecular weight is 234 g/mol. The molecule has 0 aliphatic carbocycles. The molecule has 0 amide bonds. The first-order valence-corrected chi connectivity index (χ1v) is 6.31. The van der Waals surface area contributed by atoms with Gasteiger partial charge >= 0.3 is 0 Å². The van der Waals surface area contributed by atoms with Gasteiger partial charge in [0.15, 0.2) is 0 Å². The Bertz CT molecular complexity index is 386. The number of nitrogens with one attached hydrogen (secondary N) is 1. The van der Waals surface area contributed by atoms with Crippen molar-refractivity contribution in [1.29, 1.82) is 0 Å². The first-order chi connectivity index (χ1) is 8.09. The van der Waals surface area contributed by atoms with Crippen molar-refractivity contribution in [3.05, 3.63) is 29.3 Å². The second-order valence-electron chi connectivity index (χ2n) is 5.05. The van der Waals surface area contributed by atoms with Crippen molar-refractivity contribution >= 4 is 0 Å². The highest BCUT2D eigenvalue weighted by Gasteiger charge is 2.25. The summed E-state index contributed by atoms with van der Waals surface area (Å²) in [7, 11) is 2.14. The fraction of sp³-hybridized carbons (Fsp3) is 0.571. The van der Waals surface area contributed by atoms with Crippen LogP contribution in [0.1, 0.15) is 30.5 Å². The second kappa shape index (κ2) is 5.07. The van der Waals surface area contributed by atoms with E-state index in [0.29, 0.717) is 11.8 Å². The molecule has 0 bridgehead atoms. The van der Waals surface area contributed by atoms with Crippen molar-refractivity contribution in [2.24, 2.45) is 0 Å². The van der Waals surface area contributed by atoms with E-state index in [0.717, 1.165) is 18.7 Å². The Morgan fingerprint density at radius 1 is 1.47 bits per heavy atom. The molecule has 1 heterocycles. The van der Waals surface area contributed by atoms with Crippen molar-refractivity contribution in [3.8, 4) is 5.75 Å². The van der Waals surface area contributed by atoms with E-state index in [1.54, 1.807) is 6.07 Å². The zero-order valence-electron chi connectivity index (χ0n) is 10.9. The fourth-order valence-corrected chi connectivity index (χ4v) is 2.53. The van der Waals surface area contributed by atoms with Crippen LogP contribution in [0.25, 0.3) is 0 Å². The van der Waals surface area contributed by atoms with E-state index < -0.39 is 0 Å². The number of hydrogen-bond acceptors (Lipinski definition) is 3. The van der Waals surface area contributed by atoms with Gasteiger partial charge in [0.25, 0.3) is 0 Å². The van der Waals surface area contributed by atoms with Gasteiger partial charge in [-0.15, -0.1) is 0 Å². The van der Waals surface area contributed by atoms with Gasteiger partial charge in [-0.1, -0.05) is 17.7 Å². The van der Waals surface area contributed by atoms with Gasteiger partial charge < -0.3 is 10.4 Å². The SMILES string of the molecule is Cc1ccc(O)c(C(C)N(C)C2CCNC2)c1. The third kappa shape index (κ3) is 2.61. The zero-order valence-corrected chi connectivity index (χ0v) is 10.9. The molecule has 3 nitrogen and oxygen atoms in total. The number of hydrogen-bond donors (Lipinski definition) is 2. The molecule has 94 valence electrons. The third-order valence-electron chi connectivity index (χ3n) is 3.85. The van der Waals surface area contributed by atoms with E-state index in [1.165, 1.54) is 12.0 Å². The lowest BCUT2D eigenvalue weighted by Gasteiger charge is -2.31. The molecule has 1 aliphatic heterocycles. The Morgan fingerprint density at radius 3 is 2.88 bits per heavy atom. The summed E-state index contributed by atoms with van der Waals surface area (Å²) in [5.74, 6) is 0.404. The molecular formula is C14H22N2O. The standard InChI is InChI=1S/C14H22N2O/c1-10-4-5-14(17)13(8-10)11(2)16(3)12-6-7-15-9-12/h4-5,8,11-12,15,17H,6-7,9H2,1-3H3. The molecule has 0 saturated carbocycles. The number of phenolic OH excluding ortho intramolecular Hbond substituents is 1. The van der Waals surface area contributed by atoms with E-state index in [4.69, 9.17) is 0 Å². The van der Waals surface area contributed by atoms with E-state index >= 15 is 0 Å². The Balaban J connectivity index is 2.17. The number of phenols is 1. The summed E-state index contributed by atoms with van der Waals surface area (Å²) in [4.78, 5) is 2.36. The fourth-order valence-electron chi connectivity index (χ4n) is 2.53. The molecular weight excluding hydrogens is 212 g/mol. The molecule has 0 aromatic heterocycles. The van der Waals surface area contributed by atoms with Crippen molar-refractivity contribution in [2.45, 2.75) is 32.4 Å². The lowest BCUT2D eigenvalue weighted by atomic mass is 10.0. The quantitative estimate of drug-likeness (QED) is 0.840. The molecule has 0 spiro atoms. The predicted octanol–water partition coefficient (Wildman–Crippen LogP) is 2.06. The minimum atomic E-state index is 0.250. The molecule has 2 rings (SSSR count). The van der Waals surface area contributed by atoms with Gasteiger partial charge in [0, 0.05) is 24.2 Å². The number of rotatable bonds is 3. The topological polar surface area (TPSA) is 35.5 Å². The molecule has 17 heavy (non-hydrogen) atoms. The maximum absolute atomic E-state index is 9.95. The summed E-state index contributed by atoms with van der Waals surface area (Å²) in [6.45, 7) is 6.37. The molecule has 2 N–H and O–H groups in total. The molecule has 2 unspecified atom stereocenters. The molecule has 1 aliphatic rings.